The third-order valence-corrected chi connectivity index (χ3v) is 13.9. The van der Waals surface area contributed by atoms with Gasteiger partial charge < -0.3 is 8.98 Å². The van der Waals surface area contributed by atoms with Crippen molar-refractivity contribution in [1.29, 1.82) is 0 Å². The highest BCUT2D eigenvalue weighted by Gasteiger charge is 2.18. The highest BCUT2D eigenvalue weighted by Crippen LogP contribution is 2.42. The van der Waals surface area contributed by atoms with Crippen LogP contribution < -0.4 is 0 Å². The minimum Gasteiger partial charge on any atom is -0.456 e. The number of pyridine rings is 1. The highest BCUT2D eigenvalue weighted by molar-refractivity contribution is 7.25. The van der Waals surface area contributed by atoms with E-state index >= 15 is 0 Å². The van der Waals surface area contributed by atoms with E-state index in [2.05, 4.69) is 192 Å². The van der Waals surface area contributed by atoms with E-state index in [1.54, 1.807) is 0 Å². The molecule has 296 valence electrons. The van der Waals surface area contributed by atoms with Crippen molar-refractivity contribution in [2.45, 2.75) is 6.42 Å². The van der Waals surface area contributed by atoms with E-state index in [9.17, 15) is 0 Å². The Morgan fingerprint density at radius 1 is 0.460 bits per heavy atom. The van der Waals surface area contributed by atoms with Gasteiger partial charge in [-0.2, -0.15) is 0 Å². The Balaban J connectivity index is 0.913. The van der Waals surface area contributed by atoms with Crippen molar-refractivity contribution in [3.05, 3.63) is 206 Å². The van der Waals surface area contributed by atoms with E-state index in [0.29, 0.717) is 0 Å². The smallest absolute Gasteiger partial charge is 0.135 e. The number of allylic oxidation sites excluding steroid dienone is 1. The molecule has 0 N–H and O–H groups in total. The van der Waals surface area contributed by atoms with Gasteiger partial charge in [0.1, 0.15) is 11.2 Å². The number of hydrogen-bond acceptors (Lipinski definition) is 4. The van der Waals surface area contributed by atoms with Gasteiger partial charge in [-0.05, 0) is 131 Å². The summed E-state index contributed by atoms with van der Waals surface area (Å²) in [6.07, 6.45) is 7.25. The summed E-state index contributed by atoms with van der Waals surface area (Å²) in [6.45, 7) is 0.841. The van der Waals surface area contributed by atoms with Gasteiger partial charge in [0.2, 0.25) is 0 Å². The van der Waals surface area contributed by atoms with Gasteiger partial charge in [-0.3, -0.25) is 9.98 Å². The van der Waals surface area contributed by atoms with Crippen molar-refractivity contribution in [2.24, 2.45) is 4.99 Å². The number of hydrogen-bond donors (Lipinski definition) is 0. The third-order valence-electron chi connectivity index (χ3n) is 12.7. The van der Waals surface area contributed by atoms with Crippen LogP contribution in [0.25, 0.3) is 114 Å². The van der Waals surface area contributed by atoms with Gasteiger partial charge in [-0.25, -0.2) is 0 Å². The lowest BCUT2D eigenvalue weighted by molar-refractivity contribution is 0.669. The molecule has 8 aromatic carbocycles. The quantitative estimate of drug-likeness (QED) is 0.168. The zero-order valence-corrected chi connectivity index (χ0v) is 34.9. The largest absolute Gasteiger partial charge is 0.456 e. The predicted octanol–water partition coefficient (Wildman–Crippen LogP) is 15.9. The van der Waals surface area contributed by atoms with Gasteiger partial charge >= 0.3 is 0 Å². The number of aliphatic imine (C=N–C) groups is 1. The molecule has 5 heterocycles. The first kappa shape index (κ1) is 35.9. The predicted molar refractivity (Wildman–Crippen MR) is 266 cm³/mol. The van der Waals surface area contributed by atoms with Crippen LogP contribution in [-0.2, 0) is 0 Å². The minimum atomic E-state index is 0.841. The molecule has 12 aromatic rings. The van der Waals surface area contributed by atoms with E-state index in [1.165, 1.54) is 69.8 Å². The van der Waals surface area contributed by atoms with Crippen LogP contribution in [0.3, 0.4) is 0 Å². The first-order valence-corrected chi connectivity index (χ1v) is 22.3. The maximum atomic E-state index is 6.45. The first-order chi connectivity index (χ1) is 31.2. The van der Waals surface area contributed by atoms with Crippen LogP contribution in [0.1, 0.15) is 12.0 Å². The minimum absolute atomic E-state index is 0.841. The zero-order chi connectivity index (χ0) is 41.4. The summed E-state index contributed by atoms with van der Waals surface area (Å²) in [5.41, 5.74) is 16.6. The van der Waals surface area contributed by atoms with Crippen molar-refractivity contribution >= 4 is 81.0 Å². The van der Waals surface area contributed by atoms with Gasteiger partial charge in [-0.15, -0.1) is 11.3 Å². The van der Waals surface area contributed by atoms with E-state index in [-0.39, 0.29) is 0 Å². The lowest BCUT2D eigenvalue weighted by atomic mass is 9.94. The fourth-order valence-electron chi connectivity index (χ4n) is 9.75. The van der Waals surface area contributed by atoms with Gasteiger partial charge in [0, 0.05) is 71.3 Å². The number of furan rings is 1. The van der Waals surface area contributed by atoms with E-state index in [1.807, 2.05) is 29.7 Å². The highest BCUT2D eigenvalue weighted by atomic mass is 32.1. The Morgan fingerprint density at radius 2 is 1.06 bits per heavy atom. The molecular weight excluding hydrogens is 787 g/mol. The molecule has 0 amide bonds. The summed E-state index contributed by atoms with van der Waals surface area (Å²) in [7, 11) is 0. The van der Waals surface area contributed by atoms with Crippen LogP contribution in [0.4, 0.5) is 0 Å². The summed E-state index contributed by atoms with van der Waals surface area (Å²) in [6, 6.07) is 65.9. The molecule has 0 aliphatic carbocycles. The number of dihydropyridines is 1. The monoisotopic (exact) mass is 823 g/mol. The van der Waals surface area contributed by atoms with Crippen LogP contribution >= 0.6 is 11.3 Å². The topological polar surface area (TPSA) is 43.3 Å². The van der Waals surface area contributed by atoms with E-state index in [0.717, 1.165) is 68.7 Å². The molecule has 13 rings (SSSR count). The number of thiophene rings is 1. The summed E-state index contributed by atoms with van der Waals surface area (Å²) in [4.78, 5) is 9.53. The average Bonchev–Trinajstić information content (AvgIpc) is 4.02. The lowest BCUT2D eigenvalue weighted by Gasteiger charge is -2.12. The van der Waals surface area contributed by atoms with Crippen molar-refractivity contribution < 1.29 is 4.42 Å². The molecule has 0 saturated carbocycles. The average molecular weight is 824 g/mol. The summed E-state index contributed by atoms with van der Waals surface area (Å²) in [5.74, 6) is 0. The van der Waals surface area contributed by atoms with Crippen LogP contribution in [-0.4, -0.2) is 21.8 Å². The summed E-state index contributed by atoms with van der Waals surface area (Å²) in [5, 5.41) is 7.20. The fraction of sp³-hybridized carbons (Fsp3) is 0.0345. The fourth-order valence-corrected chi connectivity index (χ4v) is 10.8. The molecule has 4 aromatic heterocycles. The Morgan fingerprint density at radius 3 is 1.84 bits per heavy atom. The number of fused-ring (bicyclic) bond motifs is 9. The van der Waals surface area contributed by atoms with E-state index in [4.69, 9.17) is 9.41 Å². The number of aromatic nitrogens is 2. The maximum Gasteiger partial charge on any atom is 0.135 e. The normalized spacial score (nSPS) is 13.0. The summed E-state index contributed by atoms with van der Waals surface area (Å²) < 4.78 is 11.4. The second-order valence-corrected chi connectivity index (χ2v) is 17.4. The number of benzene rings is 8. The van der Waals surface area contributed by atoms with Crippen LogP contribution in [0.2, 0.25) is 0 Å². The van der Waals surface area contributed by atoms with Gasteiger partial charge in [0.25, 0.3) is 0 Å². The molecule has 0 radical (unpaired) electrons. The molecular formula is C58H37N3OS. The van der Waals surface area contributed by atoms with E-state index < -0.39 is 0 Å². The standard InChI is InChI=1S/C58H37N3OS/c1-3-13-43(51-16-7-9-29-59-51)41(11-1)38-20-25-55-47(33-38)48-35-40(23-26-56(48)62-55)61-53-18-6-5-15-45(53)46-31-36(19-24-54(46)61)37-21-27-57-49(32-37)50-34-39(22-28-58(50)63-57)42-12-2-4-14-44(42)52-17-8-10-30-60-52/h1-9,11-29,31-35H,10,30H2. The first-order valence-electron chi connectivity index (χ1n) is 21.5. The summed E-state index contributed by atoms with van der Waals surface area (Å²) >= 11 is 1.86. The zero-order valence-electron chi connectivity index (χ0n) is 34.1. The van der Waals surface area contributed by atoms with Crippen molar-refractivity contribution in [3.63, 3.8) is 0 Å². The molecule has 0 saturated heterocycles. The van der Waals surface area contributed by atoms with Crippen LogP contribution in [0.5, 0.6) is 0 Å². The number of rotatable bonds is 6. The molecule has 0 spiro atoms. The molecule has 4 nitrogen and oxygen atoms in total. The number of nitrogens with zero attached hydrogens (tertiary/aromatic N) is 3. The lowest BCUT2D eigenvalue weighted by Crippen LogP contribution is -2.04. The molecule has 0 atom stereocenters. The van der Waals surface area contributed by atoms with Crippen LogP contribution in [0.15, 0.2) is 210 Å². The molecule has 0 bridgehead atoms. The van der Waals surface area contributed by atoms with Gasteiger partial charge in [0.05, 0.1) is 22.4 Å². The molecule has 0 unspecified atom stereocenters. The Kier molecular flexibility index (Phi) is 8.18. The van der Waals surface area contributed by atoms with Crippen molar-refractivity contribution in [3.8, 4) is 50.3 Å². The number of para-hydroxylation sites is 1. The molecule has 1 aliphatic rings. The molecule has 0 fully saturated rings. The Bertz CT molecular complexity index is 3860. The van der Waals surface area contributed by atoms with Crippen LogP contribution in [0, 0.1) is 0 Å². The molecule has 63 heavy (non-hydrogen) atoms. The Hall–Kier alpha value is -7.86. The Labute approximate surface area is 367 Å². The second-order valence-electron chi connectivity index (χ2n) is 16.4. The van der Waals surface area contributed by atoms with Crippen molar-refractivity contribution in [1.82, 2.24) is 9.55 Å². The van der Waals surface area contributed by atoms with Gasteiger partial charge in [-0.1, -0.05) is 103 Å². The third kappa shape index (κ3) is 5.89. The SMILES string of the molecule is C1=CC(c2ccccc2-c2ccc3sc4ccc(-c5ccc6c(c5)c5ccccc5n6-c5ccc6oc7ccc(-c8ccccc8-c8ccccn8)cc7c6c5)cc4c3c2)=NCC1. The molecule has 5 heteroatoms. The molecule has 1 aliphatic heterocycles. The maximum absolute atomic E-state index is 6.45. The van der Waals surface area contributed by atoms with Crippen molar-refractivity contribution in [2.75, 3.05) is 6.54 Å². The van der Waals surface area contributed by atoms with Gasteiger partial charge in [0.15, 0.2) is 0 Å². The second kappa shape index (κ2) is 14.4.